The first kappa shape index (κ1) is 39.0. The number of ether oxygens (including phenoxy) is 1. The number of rotatable bonds is 4. The molecular formula is C66H41NO2. The Labute approximate surface area is 398 Å². The van der Waals surface area contributed by atoms with Crippen molar-refractivity contribution in [1.29, 1.82) is 0 Å². The zero-order chi connectivity index (χ0) is 45.4. The second-order valence-electron chi connectivity index (χ2n) is 17.9. The van der Waals surface area contributed by atoms with Crippen molar-refractivity contribution in [2.75, 3.05) is 4.90 Å². The van der Waals surface area contributed by atoms with Crippen LogP contribution in [0.3, 0.4) is 0 Å². The van der Waals surface area contributed by atoms with E-state index < -0.39 is 0 Å². The number of benzene rings is 11. The minimum absolute atomic E-state index is 0.833. The minimum Gasteiger partial charge on any atom is -0.456 e. The second-order valence-corrected chi connectivity index (χ2v) is 17.9. The Bertz CT molecular complexity index is 4300. The monoisotopic (exact) mass is 879 g/mol. The van der Waals surface area contributed by atoms with Crippen molar-refractivity contribution in [3.8, 4) is 44.9 Å². The SMILES string of the molecule is c1ccc(-c2ccccc2N(c2ccc3c(c2)-c2ccccc2Oc2ccccc2-3)c2ccc3c4ccccc4c4ccccc4c4ccccc4c4c(ccc5c6ccccc6oc54)c3c2)cc1. The van der Waals surface area contributed by atoms with Crippen molar-refractivity contribution >= 4 is 92.9 Å². The molecule has 0 saturated heterocycles. The summed E-state index contributed by atoms with van der Waals surface area (Å²) >= 11 is 0. The summed E-state index contributed by atoms with van der Waals surface area (Å²) in [5.41, 5.74) is 11.5. The third-order valence-corrected chi connectivity index (χ3v) is 14.1. The van der Waals surface area contributed by atoms with Gasteiger partial charge in [-0.25, -0.2) is 0 Å². The van der Waals surface area contributed by atoms with Crippen LogP contribution in [0.4, 0.5) is 17.1 Å². The standard InChI is InChI=1S/C66H41NO2/c1-2-18-42(19-3-1)45-20-10-14-30-61(45)67(43-35-37-52-53-26-11-15-31-62(53)68-63-32-16-13-28-55(63)59(52)40-43)44-34-36-51-49-24-7-5-22-47(49)46-21-4-6-23-48(46)50-25-8-9-29-56(50)65-57(60(51)41-44)38-39-58-54-27-12-17-33-64(54)69-66(58)65/h1-41H. The molecule has 0 saturated carbocycles. The van der Waals surface area contributed by atoms with Crippen molar-refractivity contribution in [2.24, 2.45) is 0 Å². The van der Waals surface area contributed by atoms with Crippen molar-refractivity contribution in [3.05, 3.63) is 249 Å². The maximum Gasteiger partial charge on any atom is 0.143 e. The van der Waals surface area contributed by atoms with Crippen LogP contribution in [0, 0.1) is 0 Å². The van der Waals surface area contributed by atoms with Crippen LogP contribution in [0.2, 0.25) is 0 Å². The average molecular weight is 880 g/mol. The largest absolute Gasteiger partial charge is 0.456 e. The van der Waals surface area contributed by atoms with Crippen LogP contribution in [0.15, 0.2) is 253 Å². The summed E-state index contributed by atoms with van der Waals surface area (Å²) < 4.78 is 13.7. The normalized spacial score (nSPS) is 11.9. The van der Waals surface area contributed by atoms with Crippen molar-refractivity contribution in [3.63, 3.8) is 0 Å². The van der Waals surface area contributed by atoms with Gasteiger partial charge in [0.15, 0.2) is 0 Å². The molecular weight excluding hydrogens is 839 g/mol. The Morgan fingerprint density at radius 2 is 0.739 bits per heavy atom. The van der Waals surface area contributed by atoms with Crippen molar-refractivity contribution < 1.29 is 9.15 Å². The lowest BCUT2D eigenvalue weighted by molar-refractivity contribution is 0.488. The molecule has 0 N–H and O–H groups in total. The molecule has 14 rings (SSSR count). The van der Waals surface area contributed by atoms with E-state index in [9.17, 15) is 0 Å². The van der Waals surface area contributed by atoms with E-state index in [2.05, 4.69) is 241 Å². The molecule has 0 atom stereocenters. The van der Waals surface area contributed by atoms with Gasteiger partial charge in [-0.05, 0) is 120 Å². The third kappa shape index (κ3) is 6.21. The topological polar surface area (TPSA) is 25.6 Å². The summed E-state index contributed by atoms with van der Waals surface area (Å²) in [6, 6.07) is 89.8. The quantitative estimate of drug-likeness (QED) is 0.176. The smallest absolute Gasteiger partial charge is 0.143 e. The highest BCUT2D eigenvalue weighted by atomic mass is 16.5. The molecule has 0 radical (unpaired) electrons. The van der Waals surface area contributed by atoms with E-state index in [4.69, 9.17) is 9.15 Å². The fourth-order valence-corrected chi connectivity index (χ4v) is 11.0. The van der Waals surface area contributed by atoms with E-state index in [1.807, 2.05) is 12.1 Å². The molecule has 3 nitrogen and oxygen atoms in total. The molecule has 13 aromatic rings. The second kappa shape index (κ2) is 15.7. The zero-order valence-electron chi connectivity index (χ0n) is 37.4. The van der Waals surface area contributed by atoms with Crippen molar-refractivity contribution in [1.82, 2.24) is 0 Å². The highest BCUT2D eigenvalue weighted by Crippen LogP contribution is 2.51. The molecule has 0 fully saturated rings. The molecule has 0 spiro atoms. The molecule has 322 valence electrons. The van der Waals surface area contributed by atoms with E-state index in [0.29, 0.717) is 0 Å². The third-order valence-electron chi connectivity index (χ3n) is 14.1. The summed E-state index contributed by atoms with van der Waals surface area (Å²) in [5.74, 6) is 1.68. The van der Waals surface area contributed by atoms with E-state index in [1.54, 1.807) is 0 Å². The summed E-state index contributed by atoms with van der Waals surface area (Å²) in [7, 11) is 0. The zero-order valence-corrected chi connectivity index (χ0v) is 37.4. The van der Waals surface area contributed by atoms with Gasteiger partial charge in [-0.1, -0.05) is 194 Å². The molecule has 0 aliphatic carbocycles. The molecule has 12 aromatic carbocycles. The van der Waals surface area contributed by atoms with Gasteiger partial charge in [0.05, 0.1) is 5.69 Å². The van der Waals surface area contributed by atoms with Gasteiger partial charge in [-0.15, -0.1) is 0 Å². The molecule has 0 bridgehead atoms. The Kier molecular flexibility index (Phi) is 8.90. The molecule has 1 aliphatic heterocycles. The lowest BCUT2D eigenvalue weighted by Gasteiger charge is -2.29. The van der Waals surface area contributed by atoms with Gasteiger partial charge in [0.1, 0.15) is 22.7 Å². The number of anilines is 3. The first-order chi connectivity index (χ1) is 34.2. The molecule has 0 amide bonds. The van der Waals surface area contributed by atoms with Crippen LogP contribution in [-0.2, 0) is 0 Å². The van der Waals surface area contributed by atoms with Crippen LogP contribution in [-0.4, -0.2) is 0 Å². The Hall–Kier alpha value is -9.18. The molecule has 0 unspecified atom stereocenters. The van der Waals surface area contributed by atoms with Gasteiger partial charge in [0, 0.05) is 44.2 Å². The number of furan rings is 1. The average Bonchev–Trinajstić information content (AvgIpc) is 3.73. The lowest BCUT2D eigenvalue weighted by Crippen LogP contribution is -2.11. The number of hydrogen-bond acceptors (Lipinski definition) is 3. The summed E-state index contributed by atoms with van der Waals surface area (Å²) in [6.07, 6.45) is 0. The Morgan fingerprint density at radius 1 is 0.275 bits per heavy atom. The number of para-hydroxylation sites is 4. The predicted octanol–water partition coefficient (Wildman–Crippen LogP) is 19.1. The van der Waals surface area contributed by atoms with Gasteiger partial charge in [-0.2, -0.15) is 0 Å². The van der Waals surface area contributed by atoms with Gasteiger partial charge < -0.3 is 14.1 Å². The molecule has 3 heteroatoms. The van der Waals surface area contributed by atoms with Gasteiger partial charge in [-0.3, -0.25) is 0 Å². The molecule has 69 heavy (non-hydrogen) atoms. The molecule has 2 heterocycles. The van der Waals surface area contributed by atoms with Crippen LogP contribution >= 0.6 is 0 Å². The summed E-state index contributed by atoms with van der Waals surface area (Å²) in [6.45, 7) is 0. The van der Waals surface area contributed by atoms with Crippen LogP contribution in [0.5, 0.6) is 11.5 Å². The molecule has 1 aliphatic rings. The van der Waals surface area contributed by atoms with Gasteiger partial charge in [0.25, 0.3) is 0 Å². The maximum atomic E-state index is 7.03. The Morgan fingerprint density at radius 3 is 1.43 bits per heavy atom. The molecule has 1 aromatic heterocycles. The van der Waals surface area contributed by atoms with Crippen LogP contribution in [0.25, 0.3) is 109 Å². The summed E-state index contributed by atoms with van der Waals surface area (Å²) in [5, 5.41) is 13.6. The fourth-order valence-electron chi connectivity index (χ4n) is 11.0. The highest BCUT2D eigenvalue weighted by Gasteiger charge is 2.25. The van der Waals surface area contributed by atoms with Crippen LogP contribution < -0.4 is 9.64 Å². The highest BCUT2D eigenvalue weighted by molar-refractivity contribution is 6.31. The maximum absolute atomic E-state index is 7.03. The van der Waals surface area contributed by atoms with E-state index in [0.717, 1.165) is 122 Å². The summed E-state index contributed by atoms with van der Waals surface area (Å²) in [4.78, 5) is 2.44. The number of hydrogen-bond donors (Lipinski definition) is 0. The van der Waals surface area contributed by atoms with E-state index in [-0.39, 0.29) is 0 Å². The lowest BCUT2D eigenvalue weighted by atomic mass is 9.92. The number of fused-ring (bicyclic) bond motifs is 19. The van der Waals surface area contributed by atoms with Gasteiger partial charge in [0.2, 0.25) is 0 Å². The minimum atomic E-state index is 0.833. The van der Waals surface area contributed by atoms with E-state index in [1.165, 1.54) is 16.2 Å². The van der Waals surface area contributed by atoms with Crippen LogP contribution in [0.1, 0.15) is 0 Å². The number of nitrogens with zero attached hydrogens (tertiary/aromatic N) is 1. The van der Waals surface area contributed by atoms with E-state index >= 15 is 0 Å². The fraction of sp³-hybridized carbons (Fsp3) is 0. The Balaban J connectivity index is 1.16. The predicted molar refractivity (Wildman–Crippen MR) is 290 cm³/mol. The van der Waals surface area contributed by atoms with Gasteiger partial charge >= 0.3 is 0 Å². The first-order valence-electron chi connectivity index (χ1n) is 23.6. The first-order valence-corrected chi connectivity index (χ1v) is 23.6. The van der Waals surface area contributed by atoms with Crippen molar-refractivity contribution in [2.45, 2.75) is 0 Å².